The number of hydrogen-bond donors (Lipinski definition) is 1. The number of carboxylic acid groups (broad SMARTS) is 1. The van der Waals surface area contributed by atoms with Crippen LogP contribution >= 0.6 is 22.6 Å². The van der Waals surface area contributed by atoms with E-state index < -0.39 is 5.97 Å². The van der Waals surface area contributed by atoms with E-state index in [9.17, 15) is 4.79 Å². The number of nitrogens with zero attached hydrogens (tertiary/aromatic N) is 2. The summed E-state index contributed by atoms with van der Waals surface area (Å²) < 4.78 is 6.18. The number of carboxylic acids is 1. The third-order valence-corrected chi connectivity index (χ3v) is 2.70. The van der Waals surface area contributed by atoms with Crippen LogP contribution in [-0.2, 0) is 0 Å². The van der Waals surface area contributed by atoms with Crippen LogP contribution in [0.15, 0.2) is 36.8 Å². The first-order chi connectivity index (χ1) is 8.18. The molecule has 0 unspecified atom stereocenters. The molecule has 86 valence electrons. The molecule has 1 heterocycles. The topological polar surface area (TPSA) is 72.3 Å². The fraction of sp³-hybridized carbons (Fsp3) is 0. The summed E-state index contributed by atoms with van der Waals surface area (Å²) in [6.45, 7) is 0. The monoisotopic (exact) mass is 342 g/mol. The minimum Gasteiger partial charge on any atom is -0.478 e. The Kier molecular flexibility index (Phi) is 3.52. The number of aromatic carboxylic acids is 1. The highest BCUT2D eigenvalue weighted by Gasteiger charge is 2.12. The van der Waals surface area contributed by atoms with Crippen LogP contribution in [0.5, 0.6) is 11.6 Å². The average molecular weight is 342 g/mol. The van der Waals surface area contributed by atoms with Gasteiger partial charge in [-0.05, 0) is 34.7 Å². The second-order valence-electron chi connectivity index (χ2n) is 3.08. The highest BCUT2D eigenvalue weighted by Crippen LogP contribution is 2.26. The molecular formula is C11H7IN2O3. The first kappa shape index (κ1) is 11.8. The molecule has 1 N–H and O–H groups in total. The number of halogens is 1. The zero-order valence-electron chi connectivity index (χ0n) is 8.50. The van der Waals surface area contributed by atoms with Crippen LogP contribution in [0.4, 0.5) is 0 Å². The van der Waals surface area contributed by atoms with Gasteiger partial charge in [0.05, 0.1) is 3.57 Å². The largest absolute Gasteiger partial charge is 0.478 e. The molecular weight excluding hydrogens is 335 g/mol. The lowest BCUT2D eigenvalue weighted by Crippen LogP contribution is -2.01. The fourth-order valence-electron chi connectivity index (χ4n) is 1.21. The Hall–Kier alpha value is -1.70. The standard InChI is InChI=1S/C11H7IN2O3/c12-8-5-13-6-14-10(8)17-9-4-2-1-3-7(9)11(15)16/h1-6H,(H,15,16). The minimum atomic E-state index is -1.04. The van der Waals surface area contributed by atoms with Gasteiger partial charge in [-0.3, -0.25) is 0 Å². The van der Waals surface area contributed by atoms with Gasteiger partial charge in [-0.2, -0.15) is 0 Å². The number of carbonyl (C=O) groups is 1. The van der Waals surface area contributed by atoms with Crippen LogP contribution < -0.4 is 4.74 Å². The van der Waals surface area contributed by atoms with Crippen LogP contribution in [0, 0.1) is 3.57 Å². The zero-order valence-corrected chi connectivity index (χ0v) is 10.7. The number of para-hydroxylation sites is 1. The molecule has 0 bridgehead atoms. The van der Waals surface area contributed by atoms with Gasteiger partial charge in [0.25, 0.3) is 0 Å². The molecule has 2 rings (SSSR count). The minimum absolute atomic E-state index is 0.0990. The van der Waals surface area contributed by atoms with Crippen molar-refractivity contribution in [3.05, 3.63) is 45.9 Å². The van der Waals surface area contributed by atoms with Crippen molar-refractivity contribution in [2.45, 2.75) is 0 Å². The Bertz CT molecular complexity index is 560. The van der Waals surface area contributed by atoms with Crippen molar-refractivity contribution >= 4 is 28.6 Å². The molecule has 2 aromatic rings. The van der Waals surface area contributed by atoms with E-state index in [4.69, 9.17) is 9.84 Å². The summed E-state index contributed by atoms with van der Waals surface area (Å²) in [4.78, 5) is 18.8. The molecule has 0 aliphatic rings. The molecule has 0 saturated heterocycles. The average Bonchev–Trinajstić information content (AvgIpc) is 2.32. The lowest BCUT2D eigenvalue weighted by molar-refractivity contribution is 0.0694. The number of hydrogen-bond acceptors (Lipinski definition) is 4. The van der Waals surface area contributed by atoms with Crippen LogP contribution in [0.25, 0.3) is 0 Å². The van der Waals surface area contributed by atoms with E-state index in [0.717, 1.165) is 0 Å². The molecule has 0 aliphatic heterocycles. The molecule has 0 amide bonds. The van der Waals surface area contributed by atoms with Crippen molar-refractivity contribution < 1.29 is 14.6 Å². The number of rotatable bonds is 3. The van der Waals surface area contributed by atoms with E-state index in [1.807, 2.05) is 22.6 Å². The van der Waals surface area contributed by atoms with Gasteiger partial charge in [-0.1, -0.05) is 12.1 Å². The SMILES string of the molecule is O=C(O)c1ccccc1Oc1ncncc1I. The quantitative estimate of drug-likeness (QED) is 0.868. The Balaban J connectivity index is 2.37. The Labute approximate surface area is 111 Å². The van der Waals surface area contributed by atoms with Crippen molar-refractivity contribution in [2.24, 2.45) is 0 Å². The number of aromatic nitrogens is 2. The van der Waals surface area contributed by atoms with Crippen LogP contribution in [0.2, 0.25) is 0 Å². The van der Waals surface area contributed by atoms with Crippen molar-refractivity contribution in [3.8, 4) is 11.6 Å². The fourth-order valence-corrected chi connectivity index (χ4v) is 1.62. The maximum absolute atomic E-state index is 11.0. The smallest absolute Gasteiger partial charge is 0.339 e. The van der Waals surface area contributed by atoms with Gasteiger partial charge in [0.1, 0.15) is 17.6 Å². The van der Waals surface area contributed by atoms with E-state index in [-0.39, 0.29) is 11.3 Å². The van der Waals surface area contributed by atoms with Gasteiger partial charge in [0, 0.05) is 6.20 Å². The highest BCUT2D eigenvalue weighted by molar-refractivity contribution is 14.1. The maximum Gasteiger partial charge on any atom is 0.339 e. The molecule has 0 spiro atoms. The van der Waals surface area contributed by atoms with E-state index in [2.05, 4.69) is 9.97 Å². The third kappa shape index (κ3) is 2.70. The Morgan fingerprint density at radius 2 is 2.12 bits per heavy atom. The van der Waals surface area contributed by atoms with E-state index >= 15 is 0 Å². The third-order valence-electron chi connectivity index (χ3n) is 1.96. The van der Waals surface area contributed by atoms with Gasteiger partial charge in [-0.25, -0.2) is 14.8 Å². The molecule has 0 radical (unpaired) electrons. The molecule has 0 saturated carbocycles. The van der Waals surface area contributed by atoms with E-state index in [1.54, 1.807) is 24.4 Å². The normalized spacial score (nSPS) is 9.94. The zero-order chi connectivity index (χ0) is 12.3. The van der Waals surface area contributed by atoms with Crippen LogP contribution in [0.3, 0.4) is 0 Å². The molecule has 0 atom stereocenters. The summed E-state index contributed by atoms with van der Waals surface area (Å²) in [6, 6.07) is 6.41. The highest BCUT2D eigenvalue weighted by atomic mass is 127. The van der Waals surface area contributed by atoms with Crippen LogP contribution in [0.1, 0.15) is 10.4 Å². The summed E-state index contributed by atoms with van der Waals surface area (Å²) in [5.74, 6) is -0.435. The first-order valence-electron chi connectivity index (χ1n) is 4.64. The van der Waals surface area contributed by atoms with E-state index in [0.29, 0.717) is 9.45 Å². The van der Waals surface area contributed by atoms with Crippen molar-refractivity contribution in [1.29, 1.82) is 0 Å². The van der Waals surface area contributed by atoms with Gasteiger partial charge < -0.3 is 9.84 Å². The van der Waals surface area contributed by atoms with Gasteiger partial charge in [0.15, 0.2) is 0 Å². The van der Waals surface area contributed by atoms with Crippen molar-refractivity contribution in [2.75, 3.05) is 0 Å². The first-order valence-corrected chi connectivity index (χ1v) is 5.72. The summed E-state index contributed by atoms with van der Waals surface area (Å²) in [6.07, 6.45) is 2.94. The van der Waals surface area contributed by atoms with Gasteiger partial charge in [-0.15, -0.1) is 0 Å². The van der Waals surface area contributed by atoms with Gasteiger partial charge in [0.2, 0.25) is 5.88 Å². The summed E-state index contributed by atoms with van der Waals surface area (Å²) in [5, 5.41) is 9.00. The molecule has 1 aromatic carbocycles. The molecule has 1 aromatic heterocycles. The van der Waals surface area contributed by atoms with E-state index in [1.165, 1.54) is 12.4 Å². The summed E-state index contributed by atoms with van der Waals surface area (Å²) in [7, 11) is 0. The Morgan fingerprint density at radius 1 is 1.35 bits per heavy atom. The second kappa shape index (κ2) is 5.09. The summed E-state index contributed by atoms with van der Waals surface area (Å²) in [5.41, 5.74) is 0.0990. The molecule has 5 nitrogen and oxygen atoms in total. The molecule has 17 heavy (non-hydrogen) atoms. The van der Waals surface area contributed by atoms with Gasteiger partial charge >= 0.3 is 5.97 Å². The summed E-state index contributed by atoms with van der Waals surface area (Å²) >= 11 is 2.02. The number of ether oxygens (including phenoxy) is 1. The van der Waals surface area contributed by atoms with Crippen molar-refractivity contribution in [3.63, 3.8) is 0 Å². The predicted octanol–water partition coefficient (Wildman–Crippen LogP) is 2.57. The number of benzene rings is 1. The van der Waals surface area contributed by atoms with Crippen molar-refractivity contribution in [1.82, 2.24) is 9.97 Å². The molecule has 0 fully saturated rings. The molecule has 0 aliphatic carbocycles. The Morgan fingerprint density at radius 3 is 2.82 bits per heavy atom. The lowest BCUT2D eigenvalue weighted by atomic mass is 10.2. The lowest BCUT2D eigenvalue weighted by Gasteiger charge is -2.08. The maximum atomic E-state index is 11.0. The predicted molar refractivity (Wildman–Crippen MR) is 68.2 cm³/mol. The van der Waals surface area contributed by atoms with Crippen LogP contribution in [-0.4, -0.2) is 21.0 Å². The second-order valence-corrected chi connectivity index (χ2v) is 4.24. The molecule has 6 heteroatoms.